The van der Waals surface area contributed by atoms with Crippen LogP contribution in [0.2, 0.25) is 0 Å². The highest BCUT2D eigenvalue weighted by atomic mass is 35.5. The van der Waals surface area contributed by atoms with E-state index in [9.17, 15) is 4.79 Å². The maximum absolute atomic E-state index is 12.5. The number of carbonyl (C=O) groups is 1. The summed E-state index contributed by atoms with van der Waals surface area (Å²) in [5, 5.41) is 11.9. The van der Waals surface area contributed by atoms with Crippen LogP contribution in [0.4, 0.5) is 16.6 Å². The van der Waals surface area contributed by atoms with Crippen LogP contribution in [0.25, 0.3) is 11.2 Å². The van der Waals surface area contributed by atoms with Gasteiger partial charge < -0.3 is 31.1 Å². The maximum Gasteiger partial charge on any atom is 0.426 e. The molecule has 1 aromatic carbocycles. The van der Waals surface area contributed by atoms with Crippen molar-refractivity contribution >= 4 is 53.8 Å². The van der Waals surface area contributed by atoms with E-state index in [0.717, 1.165) is 73.9 Å². The van der Waals surface area contributed by atoms with Gasteiger partial charge in [0.2, 0.25) is 5.95 Å². The summed E-state index contributed by atoms with van der Waals surface area (Å²) in [6.45, 7) is 3.24. The highest BCUT2D eigenvalue weighted by molar-refractivity contribution is 5.86. The topological polar surface area (TPSA) is 135 Å². The molecule has 0 spiro atoms. The van der Waals surface area contributed by atoms with Crippen molar-refractivity contribution in [2.45, 2.75) is 101 Å². The molecule has 3 heterocycles. The number of hydrogen-bond donors (Lipinski definition) is 4. The van der Waals surface area contributed by atoms with E-state index in [4.69, 9.17) is 25.5 Å². The van der Waals surface area contributed by atoms with E-state index in [0.29, 0.717) is 37.2 Å². The Morgan fingerprint density at radius 1 is 0.930 bits per heavy atom. The number of piperidine rings is 1. The number of hydroxylamine groups is 2. The van der Waals surface area contributed by atoms with Crippen LogP contribution >= 0.6 is 24.8 Å². The van der Waals surface area contributed by atoms with Crippen molar-refractivity contribution in [3.63, 3.8) is 0 Å². The fourth-order valence-electron chi connectivity index (χ4n) is 6.41. The Morgan fingerprint density at radius 3 is 2.30 bits per heavy atom. The Hall–Kier alpha value is -2.86. The molecule has 2 aromatic heterocycles. The van der Waals surface area contributed by atoms with Crippen molar-refractivity contribution in [2.24, 2.45) is 5.73 Å². The summed E-state index contributed by atoms with van der Waals surface area (Å²) < 4.78 is 2.25. The summed E-state index contributed by atoms with van der Waals surface area (Å²) in [6.07, 6.45) is 12.1. The van der Waals surface area contributed by atoms with Crippen molar-refractivity contribution in [2.75, 3.05) is 23.7 Å². The minimum atomic E-state index is -0.429. The molecular weight excluding hydrogens is 589 g/mol. The van der Waals surface area contributed by atoms with Crippen LogP contribution in [0.15, 0.2) is 36.7 Å². The van der Waals surface area contributed by atoms with Crippen LogP contribution in [-0.4, -0.2) is 61.9 Å². The van der Waals surface area contributed by atoms with Gasteiger partial charge in [-0.15, -0.1) is 29.9 Å². The van der Waals surface area contributed by atoms with Crippen molar-refractivity contribution in [1.82, 2.24) is 29.9 Å². The third-order valence-corrected chi connectivity index (χ3v) is 8.89. The molecule has 43 heavy (non-hydrogen) atoms. The first kappa shape index (κ1) is 33.0. The summed E-state index contributed by atoms with van der Waals surface area (Å²) in [5.74, 6) is 1.43. The predicted octanol–water partition coefficient (Wildman–Crippen LogP) is 5.75. The Kier molecular flexibility index (Phi) is 11.7. The van der Waals surface area contributed by atoms with E-state index in [1.165, 1.54) is 12.8 Å². The van der Waals surface area contributed by atoms with E-state index in [1.54, 1.807) is 5.06 Å². The zero-order valence-electron chi connectivity index (χ0n) is 24.8. The molecule has 1 aliphatic heterocycles. The number of nitrogens with two attached hydrogens (primary N) is 1. The number of halogens is 2. The summed E-state index contributed by atoms with van der Waals surface area (Å²) in [5.41, 5.74) is 8.89. The number of benzene rings is 1. The zero-order valence-corrected chi connectivity index (χ0v) is 26.4. The van der Waals surface area contributed by atoms with Gasteiger partial charge in [-0.1, -0.05) is 43.2 Å². The van der Waals surface area contributed by atoms with E-state index in [1.807, 2.05) is 43.6 Å². The fraction of sp³-hybridized carbons (Fsp3) is 0.600. The lowest BCUT2D eigenvalue weighted by atomic mass is 9.92. The van der Waals surface area contributed by atoms with Gasteiger partial charge >= 0.3 is 6.09 Å². The van der Waals surface area contributed by atoms with Gasteiger partial charge in [0.1, 0.15) is 0 Å². The zero-order chi connectivity index (χ0) is 28.2. The second-order valence-corrected chi connectivity index (χ2v) is 11.9. The van der Waals surface area contributed by atoms with Crippen LogP contribution in [0, 0.1) is 0 Å². The van der Waals surface area contributed by atoms with Crippen molar-refractivity contribution in [3.05, 3.63) is 42.2 Å². The number of fused-ring (bicyclic) bond motifs is 1. The average Bonchev–Trinajstić information content (AvgIpc) is 3.66. The summed E-state index contributed by atoms with van der Waals surface area (Å²) in [7, 11) is 0. The molecular formula is C30H45Cl2N9O2. The van der Waals surface area contributed by atoms with Crippen LogP contribution in [0.5, 0.6) is 0 Å². The molecule has 13 heteroatoms. The first-order chi connectivity index (χ1) is 20.0. The lowest BCUT2D eigenvalue weighted by Crippen LogP contribution is -2.42. The minimum Gasteiger partial charge on any atom is -0.365 e. The summed E-state index contributed by atoms with van der Waals surface area (Å²) in [6, 6.07) is 11.0. The molecule has 0 unspecified atom stereocenters. The normalized spacial score (nSPS) is 22.3. The van der Waals surface area contributed by atoms with Crippen LogP contribution in [0.3, 0.4) is 0 Å². The largest absolute Gasteiger partial charge is 0.426 e. The number of nitrogens with zero attached hydrogens (tertiary/aromatic N) is 5. The second-order valence-electron chi connectivity index (χ2n) is 11.9. The third kappa shape index (κ3) is 8.20. The molecule has 1 atom stereocenters. The highest BCUT2D eigenvalue weighted by Crippen LogP contribution is 2.34. The van der Waals surface area contributed by atoms with E-state index in [-0.39, 0.29) is 36.9 Å². The van der Waals surface area contributed by atoms with Gasteiger partial charge in [0.05, 0.1) is 12.4 Å². The quantitative estimate of drug-likeness (QED) is 0.245. The van der Waals surface area contributed by atoms with Crippen LogP contribution in [0.1, 0.15) is 88.8 Å². The predicted molar refractivity (Wildman–Crippen MR) is 174 cm³/mol. The molecule has 3 aromatic rings. The molecule has 0 bridgehead atoms. The van der Waals surface area contributed by atoms with Gasteiger partial charge in [0.25, 0.3) is 0 Å². The van der Waals surface area contributed by atoms with E-state index in [2.05, 4.69) is 20.5 Å². The standard InChI is InChI=1S/C30H43N9O2.2ClH/c1-20(21-7-3-2-4-8-21)33-30(40)41-38-17-15-24(16-18-38)34-27-26-28(39(19-32-26)25-9-5-6-10-25)37-29(36-27)35-23-13-11-22(31)12-14-23;;/h2-4,7-8,19-20,22-25H,5-6,9-18,31H2,1H3,(H,33,40)(H2,34,35,36,37);2*1H/t20-,22?,23?;;/m0../s1. The van der Waals surface area contributed by atoms with Gasteiger partial charge in [0, 0.05) is 37.3 Å². The molecule has 2 saturated carbocycles. The lowest BCUT2D eigenvalue weighted by Gasteiger charge is -2.31. The smallest absolute Gasteiger partial charge is 0.365 e. The Balaban J connectivity index is 0.00000212. The number of carbonyl (C=O) groups excluding carboxylic acids is 1. The molecule has 3 aliphatic rings. The SMILES string of the molecule is C[C@H](NC(=O)ON1CCC(Nc2nc(NC3CCC(N)CC3)nc3c2ncn3C2CCCC2)CC1)c1ccccc1.Cl.Cl. The number of aromatic nitrogens is 4. The van der Waals surface area contributed by atoms with Crippen molar-refractivity contribution in [3.8, 4) is 0 Å². The number of rotatable bonds is 8. The van der Waals surface area contributed by atoms with Gasteiger partial charge in [0.15, 0.2) is 17.0 Å². The summed E-state index contributed by atoms with van der Waals surface area (Å²) in [4.78, 5) is 32.8. The summed E-state index contributed by atoms with van der Waals surface area (Å²) >= 11 is 0. The molecule has 236 valence electrons. The Bertz CT molecular complexity index is 1310. The third-order valence-electron chi connectivity index (χ3n) is 8.89. The lowest BCUT2D eigenvalue weighted by molar-refractivity contribution is -0.113. The van der Waals surface area contributed by atoms with Crippen molar-refractivity contribution < 1.29 is 9.63 Å². The van der Waals surface area contributed by atoms with Crippen molar-refractivity contribution in [1.29, 1.82) is 0 Å². The first-order valence-electron chi connectivity index (χ1n) is 15.3. The van der Waals surface area contributed by atoms with Crippen LogP contribution in [-0.2, 0) is 4.84 Å². The van der Waals surface area contributed by atoms with Gasteiger partial charge in [-0.2, -0.15) is 9.97 Å². The molecule has 6 rings (SSSR count). The molecule has 5 N–H and O–H groups in total. The monoisotopic (exact) mass is 633 g/mol. The Morgan fingerprint density at radius 2 is 1.60 bits per heavy atom. The molecule has 2 aliphatic carbocycles. The fourth-order valence-corrected chi connectivity index (χ4v) is 6.41. The average molecular weight is 635 g/mol. The highest BCUT2D eigenvalue weighted by Gasteiger charge is 2.27. The molecule has 11 nitrogen and oxygen atoms in total. The van der Waals surface area contributed by atoms with Crippen LogP contribution < -0.4 is 21.7 Å². The maximum atomic E-state index is 12.5. The van der Waals surface area contributed by atoms with E-state index < -0.39 is 6.09 Å². The van der Waals surface area contributed by atoms with E-state index >= 15 is 0 Å². The first-order valence-corrected chi connectivity index (χ1v) is 15.3. The van der Waals surface area contributed by atoms with Gasteiger partial charge in [-0.3, -0.25) is 0 Å². The number of amides is 1. The number of imidazole rings is 1. The number of hydrogen-bond acceptors (Lipinski definition) is 9. The number of anilines is 2. The molecule has 0 radical (unpaired) electrons. The second kappa shape index (κ2) is 15.2. The van der Waals surface area contributed by atoms with Gasteiger partial charge in [-0.25, -0.2) is 9.78 Å². The molecule has 1 amide bonds. The molecule has 1 saturated heterocycles. The van der Waals surface area contributed by atoms with Gasteiger partial charge in [-0.05, 0) is 63.9 Å². The number of nitrogens with one attached hydrogen (secondary N) is 3. The minimum absolute atomic E-state index is 0. The Labute approximate surface area is 265 Å². The molecule has 3 fully saturated rings.